The first-order valence-corrected chi connectivity index (χ1v) is 8.44. The van der Waals surface area contributed by atoms with E-state index in [0.717, 1.165) is 26.8 Å². The lowest BCUT2D eigenvalue weighted by Gasteiger charge is -2.10. The second kappa shape index (κ2) is 6.60. The molecule has 0 aliphatic rings. The predicted octanol–water partition coefficient (Wildman–Crippen LogP) is 4.59. The van der Waals surface area contributed by atoms with E-state index in [0.29, 0.717) is 18.1 Å². The van der Waals surface area contributed by atoms with Gasteiger partial charge in [0.15, 0.2) is 0 Å². The van der Waals surface area contributed by atoms with Gasteiger partial charge >= 0.3 is 0 Å². The minimum atomic E-state index is -0.256. The summed E-state index contributed by atoms with van der Waals surface area (Å²) < 4.78 is 14.0. The maximum atomic E-state index is 13.1. The minimum Gasteiger partial charge on any atom is -0.325 e. The summed E-state index contributed by atoms with van der Waals surface area (Å²) >= 11 is 3.48. The molecule has 2 heterocycles. The SMILES string of the molecule is Fc1ccc(Cc2nc(Nc3ccn[nH]3)c3ccc(Br)cc3n2)cc1. The van der Waals surface area contributed by atoms with Gasteiger partial charge < -0.3 is 5.32 Å². The molecule has 0 aliphatic carbocycles. The molecule has 4 rings (SSSR count). The Labute approximate surface area is 151 Å². The summed E-state index contributed by atoms with van der Waals surface area (Å²) in [5.41, 5.74) is 1.77. The summed E-state index contributed by atoms with van der Waals surface area (Å²) in [6, 6.07) is 14.0. The molecule has 25 heavy (non-hydrogen) atoms. The summed E-state index contributed by atoms with van der Waals surface area (Å²) in [7, 11) is 0. The fraction of sp³-hybridized carbons (Fsp3) is 0.0556. The summed E-state index contributed by atoms with van der Waals surface area (Å²) in [6.45, 7) is 0. The van der Waals surface area contributed by atoms with Crippen molar-refractivity contribution in [3.63, 3.8) is 0 Å². The molecule has 4 aromatic rings. The molecule has 0 radical (unpaired) electrons. The number of rotatable bonds is 4. The van der Waals surface area contributed by atoms with Crippen molar-refractivity contribution in [3.05, 3.63) is 76.4 Å². The number of aromatic nitrogens is 4. The van der Waals surface area contributed by atoms with Crippen molar-refractivity contribution in [2.24, 2.45) is 0 Å². The van der Waals surface area contributed by atoms with Crippen LogP contribution in [0.4, 0.5) is 16.0 Å². The molecule has 2 N–H and O–H groups in total. The lowest BCUT2D eigenvalue weighted by Crippen LogP contribution is -2.03. The second-order valence-electron chi connectivity index (χ2n) is 5.55. The number of hydrogen-bond donors (Lipinski definition) is 2. The number of hydrogen-bond acceptors (Lipinski definition) is 4. The van der Waals surface area contributed by atoms with Crippen LogP contribution in [0.1, 0.15) is 11.4 Å². The van der Waals surface area contributed by atoms with E-state index in [9.17, 15) is 4.39 Å². The molecule has 0 fully saturated rings. The van der Waals surface area contributed by atoms with Gasteiger partial charge in [-0.05, 0) is 35.9 Å². The van der Waals surface area contributed by atoms with Gasteiger partial charge in [-0.3, -0.25) is 5.10 Å². The highest BCUT2D eigenvalue weighted by molar-refractivity contribution is 9.10. The molecular formula is C18H13BrFN5. The van der Waals surface area contributed by atoms with E-state index in [1.165, 1.54) is 12.1 Å². The molecule has 0 saturated heterocycles. The first kappa shape index (κ1) is 15.7. The third-order valence-corrected chi connectivity index (χ3v) is 4.23. The molecule has 7 heteroatoms. The van der Waals surface area contributed by atoms with Crippen molar-refractivity contribution in [1.82, 2.24) is 20.2 Å². The average Bonchev–Trinajstić information content (AvgIpc) is 3.09. The Morgan fingerprint density at radius 2 is 1.88 bits per heavy atom. The molecule has 0 saturated carbocycles. The summed E-state index contributed by atoms with van der Waals surface area (Å²) in [5.74, 6) is 1.84. The predicted molar refractivity (Wildman–Crippen MR) is 98.3 cm³/mol. The van der Waals surface area contributed by atoms with Crippen LogP contribution in [-0.4, -0.2) is 20.2 Å². The fourth-order valence-electron chi connectivity index (χ4n) is 2.56. The van der Waals surface area contributed by atoms with Gasteiger partial charge in [0.05, 0.1) is 11.7 Å². The zero-order chi connectivity index (χ0) is 17.2. The van der Waals surface area contributed by atoms with Gasteiger partial charge in [0, 0.05) is 22.3 Å². The second-order valence-corrected chi connectivity index (χ2v) is 6.46. The van der Waals surface area contributed by atoms with Crippen LogP contribution < -0.4 is 5.32 Å². The number of fused-ring (bicyclic) bond motifs is 1. The highest BCUT2D eigenvalue weighted by Crippen LogP contribution is 2.26. The van der Waals surface area contributed by atoms with Gasteiger partial charge in [0.25, 0.3) is 0 Å². The molecule has 0 unspecified atom stereocenters. The van der Waals surface area contributed by atoms with Gasteiger partial charge in [-0.1, -0.05) is 28.1 Å². The maximum Gasteiger partial charge on any atom is 0.143 e. The third kappa shape index (κ3) is 3.51. The summed E-state index contributed by atoms with van der Waals surface area (Å²) in [6.07, 6.45) is 2.18. The minimum absolute atomic E-state index is 0.256. The van der Waals surface area contributed by atoms with Crippen molar-refractivity contribution in [2.75, 3.05) is 5.32 Å². The van der Waals surface area contributed by atoms with E-state index < -0.39 is 0 Å². The highest BCUT2D eigenvalue weighted by atomic mass is 79.9. The number of anilines is 2. The van der Waals surface area contributed by atoms with Gasteiger partial charge in [0.1, 0.15) is 23.3 Å². The molecule has 0 amide bonds. The molecule has 0 spiro atoms. The number of benzene rings is 2. The maximum absolute atomic E-state index is 13.1. The molecule has 0 aliphatic heterocycles. The Morgan fingerprint density at radius 3 is 2.64 bits per heavy atom. The summed E-state index contributed by atoms with van der Waals surface area (Å²) in [4.78, 5) is 9.29. The van der Waals surface area contributed by atoms with E-state index >= 15 is 0 Å². The zero-order valence-electron chi connectivity index (χ0n) is 13.0. The van der Waals surface area contributed by atoms with E-state index in [1.54, 1.807) is 18.3 Å². The third-order valence-electron chi connectivity index (χ3n) is 3.73. The van der Waals surface area contributed by atoms with Crippen LogP contribution in [0.15, 0.2) is 59.2 Å². The Balaban J connectivity index is 1.77. The van der Waals surface area contributed by atoms with Gasteiger partial charge in [0.2, 0.25) is 0 Å². The fourth-order valence-corrected chi connectivity index (χ4v) is 2.91. The molecule has 2 aromatic carbocycles. The number of aromatic amines is 1. The van der Waals surface area contributed by atoms with Crippen LogP contribution in [-0.2, 0) is 6.42 Å². The highest BCUT2D eigenvalue weighted by Gasteiger charge is 2.10. The molecule has 2 aromatic heterocycles. The standard InChI is InChI=1S/C18H13BrFN5/c19-12-3-6-14-15(10-12)22-17(9-11-1-4-13(20)5-2-11)24-18(14)23-16-7-8-21-25-16/h1-8,10H,9H2,(H2,21,22,23,24,25). The monoisotopic (exact) mass is 397 g/mol. The van der Waals surface area contributed by atoms with Crippen LogP contribution in [0.25, 0.3) is 10.9 Å². The van der Waals surface area contributed by atoms with Crippen molar-refractivity contribution in [3.8, 4) is 0 Å². The van der Waals surface area contributed by atoms with Crippen LogP contribution in [0, 0.1) is 5.82 Å². The Kier molecular flexibility index (Phi) is 4.15. The Morgan fingerprint density at radius 1 is 1.04 bits per heavy atom. The molecular weight excluding hydrogens is 385 g/mol. The van der Waals surface area contributed by atoms with Crippen molar-refractivity contribution < 1.29 is 4.39 Å². The Hall–Kier alpha value is -2.80. The molecule has 5 nitrogen and oxygen atoms in total. The number of nitrogens with zero attached hydrogens (tertiary/aromatic N) is 3. The van der Waals surface area contributed by atoms with Crippen molar-refractivity contribution >= 4 is 38.5 Å². The van der Waals surface area contributed by atoms with Gasteiger partial charge in [-0.25, -0.2) is 14.4 Å². The van der Waals surface area contributed by atoms with Crippen LogP contribution in [0.2, 0.25) is 0 Å². The van der Waals surface area contributed by atoms with Crippen molar-refractivity contribution in [1.29, 1.82) is 0 Å². The van der Waals surface area contributed by atoms with E-state index in [1.807, 2.05) is 24.3 Å². The van der Waals surface area contributed by atoms with E-state index in [-0.39, 0.29) is 5.82 Å². The zero-order valence-corrected chi connectivity index (χ0v) is 14.6. The van der Waals surface area contributed by atoms with E-state index in [4.69, 9.17) is 0 Å². The normalized spacial score (nSPS) is 11.0. The Bertz CT molecular complexity index is 1020. The topological polar surface area (TPSA) is 66.5 Å². The van der Waals surface area contributed by atoms with Crippen LogP contribution >= 0.6 is 15.9 Å². The number of halogens is 2. The molecule has 124 valence electrons. The average molecular weight is 398 g/mol. The molecule has 0 atom stereocenters. The number of H-pyrrole nitrogens is 1. The van der Waals surface area contributed by atoms with Crippen LogP contribution in [0.3, 0.4) is 0 Å². The quantitative estimate of drug-likeness (QED) is 0.528. The largest absolute Gasteiger partial charge is 0.325 e. The lowest BCUT2D eigenvalue weighted by molar-refractivity contribution is 0.627. The van der Waals surface area contributed by atoms with E-state index in [2.05, 4.69) is 41.4 Å². The van der Waals surface area contributed by atoms with Gasteiger partial charge in [-0.15, -0.1) is 0 Å². The first-order valence-electron chi connectivity index (χ1n) is 7.64. The smallest absolute Gasteiger partial charge is 0.143 e. The lowest BCUT2D eigenvalue weighted by atomic mass is 10.1. The number of nitrogens with one attached hydrogen (secondary N) is 2. The van der Waals surface area contributed by atoms with Crippen LogP contribution in [0.5, 0.6) is 0 Å². The molecule has 0 bridgehead atoms. The summed E-state index contributed by atoms with van der Waals surface area (Å²) in [5, 5.41) is 10.9. The van der Waals surface area contributed by atoms with Gasteiger partial charge in [-0.2, -0.15) is 5.10 Å². The van der Waals surface area contributed by atoms with Crippen molar-refractivity contribution in [2.45, 2.75) is 6.42 Å². The first-order chi connectivity index (χ1) is 12.2.